The molecule has 0 radical (unpaired) electrons. The molecule has 0 saturated heterocycles. The molecule has 4 heteroatoms. The van der Waals surface area contributed by atoms with Crippen LogP contribution in [0.15, 0.2) is 89.4 Å². The van der Waals surface area contributed by atoms with Gasteiger partial charge in [0, 0.05) is 10.2 Å². The first-order chi connectivity index (χ1) is 13.2. The fraction of sp³-hybridized carbons (Fsp3) is 0. The van der Waals surface area contributed by atoms with E-state index in [1.165, 1.54) is 0 Å². The molecule has 1 N–H and O–H groups in total. The van der Waals surface area contributed by atoms with E-state index in [0.717, 1.165) is 32.0 Å². The summed E-state index contributed by atoms with van der Waals surface area (Å²) < 4.78 is 3.00. The molecule has 0 aliphatic rings. The van der Waals surface area contributed by atoms with E-state index in [1.54, 1.807) is 6.07 Å². The molecule has 0 bridgehead atoms. The lowest BCUT2D eigenvalue weighted by molar-refractivity contribution is 0.476. The van der Waals surface area contributed by atoms with Crippen molar-refractivity contribution in [2.45, 2.75) is 0 Å². The molecule has 4 aromatic carbocycles. The van der Waals surface area contributed by atoms with E-state index >= 15 is 0 Å². The fourth-order valence-electron chi connectivity index (χ4n) is 3.47. The van der Waals surface area contributed by atoms with Gasteiger partial charge in [0.15, 0.2) is 0 Å². The number of hydrogen-bond donors (Lipinski definition) is 1. The van der Waals surface area contributed by atoms with Crippen molar-refractivity contribution in [3.63, 3.8) is 0 Å². The van der Waals surface area contributed by atoms with Crippen LogP contribution < -0.4 is 0 Å². The minimum atomic E-state index is 0.204. The molecule has 1 heterocycles. The molecule has 130 valence electrons. The molecule has 5 aromatic rings. The lowest BCUT2D eigenvalue weighted by atomic mass is 10.1. The zero-order valence-corrected chi connectivity index (χ0v) is 15.9. The Labute approximate surface area is 164 Å². The predicted octanol–water partition coefficient (Wildman–Crippen LogP) is 6.31. The van der Waals surface area contributed by atoms with Crippen LogP contribution in [0.25, 0.3) is 38.9 Å². The van der Waals surface area contributed by atoms with E-state index in [-0.39, 0.29) is 5.75 Å². The number of halogens is 1. The highest BCUT2D eigenvalue weighted by atomic mass is 79.9. The predicted molar refractivity (Wildman–Crippen MR) is 113 cm³/mol. The third-order valence-corrected chi connectivity index (χ3v) is 5.23. The van der Waals surface area contributed by atoms with Crippen LogP contribution in [-0.4, -0.2) is 14.7 Å². The van der Waals surface area contributed by atoms with Crippen molar-refractivity contribution >= 4 is 37.7 Å². The lowest BCUT2D eigenvalue weighted by Crippen LogP contribution is -1.97. The number of rotatable bonds is 2. The number of para-hydroxylation sites is 1. The van der Waals surface area contributed by atoms with Gasteiger partial charge in [-0.1, -0.05) is 58.4 Å². The Kier molecular flexibility index (Phi) is 3.73. The van der Waals surface area contributed by atoms with E-state index in [4.69, 9.17) is 4.98 Å². The van der Waals surface area contributed by atoms with Gasteiger partial charge in [0.25, 0.3) is 0 Å². The molecular weight excluding hydrogens is 400 g/mol. The first-order valence-electron chi connectivity index (χ1n) is 8.66. The average molecular weight is 415 g/mol. The summed E-state index contributed by atoms with van der Waals surface area (Å²) in [5.41, 5.74) is 3.60. The van der Waals surface area contributed by atoms with Crippen LogP contribution in [0.5, 0.6) is 5.75 Å². The third kappa shape index (κ3) is 2.69. The van der Waals surface area contributed by atoms with Crippen molar-refractivity contribution in [3.8, 4) is 22.8 Å². The Morgan fingerprint density at radius 1 is 0.778 bits per heavy atom. The molecule has 5 rings (SSSR count). The fourth-order valence-corrected chi connectivity index (χ4v) is 3.83. The molecule has 0 amide bonds. The molecular formula is C23H15BrN2O. The summed E-state index contributed by atoms with van der Waals surface area (Å²) >= 11 is 3.51. The number of aromatic nitrogens is 2. The second kappa shape index (κ2) is 6.25. The van der Waals surface area contributed by atoms with Crippen molar-refractivity contribution < 1.29 is 5.11 Å². The van der Waals surface area contributed by atoms with Gasteiger partial charge in [0.1, 0.15) is 11.6 Å². The number of hydrogen-bond acceptors (Lipinski definition) is 2. The minimum Gasteiger partial charge on any atom is -0.507 e. The van der Waals surface area contributed by atoms with Gasteiger partial charge in [-0.2, -0.15) is 0 Å². The Balaban J connectivity index is 1.92. The highest BCUT2D eigenvalue weighted by Crippen LogP contribution is 2.36. The molecule has 0 saturated carbocycles. The normalized spacial score (nSPS) is 11.3. The van der Waals surface area contributed by atoms with E-state index in [9.17, 15) is 5.11 Å². The van der Waals surface area contributed by atoms with Gasteiger partial charge in [-0.15, -0.1) is 0 Å². The van der Waals surface area contributed by atoms with Crippen LogP contribution >= 0.6 is 15.9 Å². The number of aromatic hydroxyl groups is 1. The molecule has 0 fully saturated rings. The van der Waals surface area contributed by atoms with E-state index in [2.05, 4.69) is 56.9 Å². The smallest absolute Gasteiger partial charge is 0.149 e. The molecule has 0 aliphatic carbocycles. The molecule has 3 nitrogen and oxygen atoms in total. The number of phenolic OH excluding ortho intramolecular Hbond substituents is 1. The molecule has 0 aliphatic heterocycles. The summed E-state index contributed by atoms with van der Waals surface area (Å²) in [6.07, 6.45) is 0. The Morgan fingerprint density at radius 2 is 1.48 bits per heavy atom. The zero-order valence-electron chi connectivity index (χ0n) is 14.3. The summed E-state index contributed by atoms with van der Waals surface area (Å²) in [7, 11) is 0. The number of nitrogens with zero attached hydrogens (tertiary/aromatic N) is 2. The largest absolute Gasteiger partial charge is 0.507 e. The Bertz CT molecular complexity index is 1290. The lowest BCUT2D eigenvalue weighted by Gasteiger charge is -2.11. The van der Waals surface area contributed by atoms with Gasteiger partial charge in [-0.3, -0.25) is 4.57 Å². The van der Waals surface area contributed by atoms with Crippen LogP contribution in [-0.2, 0) is 0 Å². The highest BCUT2D eigenvalue weighted by molar-refractivity contribution is 9.10. The summed E-state index contributed by atoms with van der Waals surface area (Å²) in [6.45, 7) is 0. The number of fused-ring (bicyclic) bond motifs is 2. The SMILES string of the molecule is Oc1ccc(Br)cc1-c1nc2cc3ccccc3cc2n1-c1ccccc1. The summed E-state index contributed by atoms with van der Waals surface area (Å²) in [6, 6.07) is 28.0. The zero-order chi connectivity index (χ0) is 18.4. The molecule has 1 aromatic heterocycles. The van der Waals surface area contributed by atoms with Gasteiger partial charge < -0.3 is 5.11 Å². The maximum atomic E-state index is 10.5. The maximum absolute atomic E-state index is 10.5. The van der Waals surface area contributed by atoms with Crippen LogP contribution in [0, 0.1) is 0 Å². The minimum absolute atomic E-state index is 0.204. The van der Waals surface area contributed by atoms with Crippen molar-refractivity contribution in [1.29, 1.82) is 0 Å². The molecule has 27 heavy (non-hydrogen) atoms. The third-order valence-electron chi connectivity index (χ3n) is 4.74. The van der Waals surface area contributed by atoms with Crippen molar-refractivity contribution in [2.24, 2.45) is 0 Å². The second-order valence-electron chi connectivity index (χ2n) is 6.46. The number of phenols is 1. The summed E-state index contributed by atoms with van der Waals surface area (Å²) in [5.74, 6) is 0.917. The molecule has 0 atom stereocenters. The molecule has 0 unspecified atom stereocenters. The second-order valence-corrected chi connectivity index (χ2v) is 7.37. The van der Waals surface area contributed by atoms with Gasteiger partial charge in [-0.05, 0) is 53.2 Å². The van der Waals surface area contributed by atoms with Gasteiger partial charge in [0.05, 0.1) is 16.6 Å². The molecule has 0 spiro atoms. The average Bonchev–Trinajstić information content (AvgIpc) is 3.06. The Morgan fingerprint density at radius 3 is 2.26 bits per heavy atom. The van der Waals surface area contributed by atoms with E-state index < -0.39 is 0 Å². The van der Waals surface area contributed by atoms with Crippen LogP contribution in [0.1, 0.15) is 0 Å². The quantitative estimate of drug-likeness (QED) is 0.367. The summed E-state index contributed by atoms with van der Waals surface area (Å²) in [5, 5.41) is 12.8. The maximum Gasteiger partial charge on any atom is 0.149 e. The first-order valence-corrected chi connectivity index (χ1v) is 9.45. The van der Waals surface area contributed by atoms with Crippen molar-refractivity contribution in [3.05, 3.63) is 89.4 Å². The topological polar surface area (TPSA) is 38.1 Å². The highest BCUT2D eigenvalue weighted by Gasteiger charge is 2.18. The van der Waals surface area contributed by atoms with Gasteiger partial charge >= 0.3 is 0 Å². The Hall–Kier alpha value is -3.11. The van der Waals surface area contributed by atoms with Gasteiger partial charge in [0.2, 0.25) is 0 Å². The van der Waals surface area contributed by atoms with Gasteiger partial charge in [-0.25, -0.2) is 4.98 Å². The van der Waals surface area contributed by atoms with Crippen LogP contribution in [0.4, 0.5) is 0 Å². The first kappa shape index (κ1) is 16.1. The van der Waals surface area contributed by atoms with Crippen molar-refractivity contribution in [1.82, 2.24) is 9.55 Å². The van der Waals surface area contributed by atoms with Crippen LogP contribution in [0.3, 0.4) is 0 Å². The standard InChI is InChI=1S/C23H15BrN2O/c24-17-10-11-22(27)19(14-17)23-25-20-12-15-6-4-5-7-16(15)13-21(20)26(23)18-8-2-1-3-9-18/h1-14,27H. The van der Waals surface area contributed by atoms with Crippen LogP contribution in [0.2, 0.25) is 0 Å². The monoisotopic (exact) mass is 414 g/mol. The summed E-state index contributed by atoms with van der Waals surface area (Å²) in [4.78, 5) is 4.89. The van der Waals surface area contributed by atoms with E-state index in [1.807, 2.05) is 42.5 Å². The number of imidazole rings is 1. The van der Waals surface area contributed by atoms with Crippen molar-refractivity contribution in [2.75, 3.05) is 0 Å². The number of benzene rings is 4. The van der Waals surface area contributed by atoms with E-state index in [0.29, 0.717) is 11.4 Å².